The summed E-state index contributed by atoms with van der Waals surface area (Å²) in [5, 5.41) is 0. The Bertz CT molecular complexity index is 2580. The molecule has 0 N–H and O–H groups in total. The molecule has 6 aromatic carbocycles. The number of hydrogen-bond acceptors (Lipinski definition) is 9. The van der Waals surface area contributed by atoms with E-state index in [1.807, 2.05) is 60.7 Å². The third-order valence-corrected chi connectivity index (χ3v) is 12.4. The van der Waals surface area contributed by atoms with Crippen LogP contribution in [0.15, 0.2) is 159 Å². The highest BCUT2D eigenvalue weighted by atomic mass is 16.5. The number of ether oxygens (including phenoxy) is 5. The molecule has 0 saturated heterocycles. The van der Waals surface area contributed by atoms with Crippen LogP contribution in [-0.4, -0.2) is 43.5 Å². The number of allylic oxidation sites excluding steroid dienone is 1. The Morgan fingerprint density at radius 2 is 0.851 bits per heavy atom. The summed E-state index contributed by atoms with van der Waals surface area (Å²) in [4.78, 5) is 49.9. The van der Waals surface area contributed by atoms with Crippen molar-refractivity contribution < 1.29 is 42.9 Å². The smallest absolute Gasteiger partial charge is 0.343 e. The average molecular weight is 895 g/mol. The fraction of sp³-hybridized carbons (Fsp3) is 0.241. The van der Waals surface area contributed by atoms with E-state index in [1.165, 1.54) is 6.08 Å². The number of benzene rings is 6. The molecule has 0 saturated carbocycles. The van der Waals surface area contributed by atoms with Crippen LogP contribution in [0.25, 0.3) is 22.3 Å². The molecule has 0 atom stereocenters. The fourth-order valence-corrected chi connectivity index (χ4v) is 9.13. The van der Waals surface area contributed by atoms with E-state index in [-0.39, 0.29) is 5.78 Å². The summed E-state index contributed by atoms with van der Waals surface area (Å²) in [6.07, 6.45) is 11.4. The minimum absolute atomic E-state index is 0.0939. The van der Waals surface area contributed by atoms with Crippen LogP contribution < -0.4 is 18.9 Å². The van der Waals surface area contributed by atoms with Crippen LogP contribution in [0.3, 0.4) is 0 Å². The highest BCUT2D eigenvalue weighted by Gasteiger charge is 2.52. The topological polar surface area (TPSA) is 114 Å². The number of fused-ring (bicyclic) bond motifs is 10. The lowest BCUT2D eigenvalue weighted by atomic mass is 9.70. The predicted molar refractivity (Wildman–Crippen MR) is 259 cm³/mol. The van der Waals surface area contributed by atoms with Crippen molar-refractivity contribution >= 4 is 23.7 Å². The number of carbonyl (C=O) groups excluding carboxylic acids is 4. The molecule has 340 valence electrons. The van der Waals surface area contributed by atoms with Crippen molar-refractivity contribution in [3.05, 3.63) is 192 Å². The summed E-state index contributed by atoms with van der Waals surface area (Å²) in [6.45, 7) is 8.40. The van der Waals surface area contributed by atoms with Gasteiger partial charge in [0.25, 0.3) is 0 Å². The minimum Gasteiger partial charge on any atom is -0.494 e. The summed E-state index contributed by atoms with van der Waals surface area (Å²) < 4.78 is 29.1. The lowest BCUT2D eigenvalue weighted by molar-refractivity contribution is -0.137. The fourth-order valence-electron chi connectivity index (χ4n) is 9.13. The molecule has 0 aliphatic heterocycles. The molecular formula is C58H54O9. The molecule has 9 nitrogen and oxygen atoms in total. The van der Waals surface area contributed by atoms with Gasteiger partial charge in [-0.15, -0.1) is 0 Å². The molecule has 0 aromatic heterocycles. The van der Waals surface area contributed by atoms with E-state index in [4.69, 9.17) is 23.7 Å². The Morgan fingerprint density at radius 1 is 0.433 bits per heavy atom. The first kappa shape index (κ1) is 46.0. The number of ketones is 1. The Hall–Kier alpha value is -7.52. The second-order valence-corrected chi connectivity index (χ2v) is 16.8. The molecule has 0 heterocycles. The Morgan fingerprint density at radius 3 is 1.33 bits per heavy atom. The van der Waals surface area contributed by atoms with Gasteiger partial charge in [0.2, 0.25) is 0 Å². The van der Waals surface area contributed by atoms with E-state index < -0.39 is 23.3 Å². The van der Waals surface area contributed by atoms with Gasteiger partial charge < -0.3 is 23.7 Å². The number of carbonyl (C=O) groups is 4. The van der Waals surface area contributed by atoms with Crippen molar-refractivity contribution in [2.24, 2.45) is 0 Å². The standard InChI is InChI=1S/C58H54O9/c1-3-42(59)18-10-6-5-7-15-35-63-43-27-23-40(24-28-43)56(61)66-45-31-33-49-50-34-32-46(67-57(62)41-25-29-44(30-26-41)64-36-16-8-9-17-37-65-55(60)4-2)39-54(50)58(53(49)38-45)51-21-13-11-19-47(51)48-20-12-14-22-52(48)58/h3-4,11-14,19-34,38-39H,1-2,5-10,15-18,35-37H2. The molecule has 6 aromatic rings. The minimum atomic E-state index is -0.788. The first-order chi connectivity index (χ1) is 32.8. The first-order valence-corrected chi connectivity index (χ1v) is 23.1. The molecule has 1 spiro atoms. The van der Waals surface area contributed by atoms with E-state index in [2.05, 4.69) is 37.4 Å². The van der Waals surface area contributed by atoms with Gasteiger partial charge in [0.1, 0.15) is 23.0 Å². The summed E-state index contributed by atoms with van der Waals surface area (Å²) >= 11 is 0. The van der Waals surface area contributed by atoms with Crippen molar-refractivity contribution in [2.45, 2.75) is 69.6 Å². The molecule has 2 aliphatic rings. The van der Waals surface area contributed by atoms with Gasteiger partial charge in [-0.05, 0) is 162 Å². The maximum atomic E-state index is 13.6. The van der Waals surface area contributed by atoms with E-state index in [0.29, 0.717) is 60.4 Å². The third kappa shape index (κ3) is 10.3. The van der Waals surface area contributed by atoms with Gasteiger partial charge in [-0.3, -0.25) is 4.79 Å². The lowest BCUT2D eigenvalue weighted by Crippen LogP contribution is -2.26. The van der Waals surface area contributed by atoms with Crippen LogP contribution in [0, 0.1) is 0 Å². The van der Waals surface area contributed by atoms with Gasteiger partial charge in [0.05, 0.1) is 36.4 Å². The number of rotatable bonds is 23. The molecule has 0 amide bonds. The quantitative estimate of drug-likeness (QED) is 0.0268. The molecule has 9 heteroatoms. The second kappa shape index (κ2) is 21.6. The Balaban J connectivity index is 0.952. The molecular weight excluding hydrogens is 841 g/mol. The molecule has 2 aliphatic carbocycles. The highest BCUT2D eigenvalue weighted by Crippen LogP contribution is 2.63. The van der Waals surface area contributed by atoms with E-state index in [9.17, 15) is 19.2 Å². The van der Waals surface area contributed by atoms with Crippen molar-refractivity contribution in [3.63, 3.8) is 0 Å². The van der Waals surface area contributed by atoms with Crippen LogP contribution in [0.5, 0.6) is 23.0 Å². The van der Waals surface area contributed by atoms with Crippen molar-refractivity contribution in [1.82, 2.24) is 0 Å². The molecule has 0 radical (unpaired) electrons. The van der Waals surface area contributed by atoms with Gasteiger partial charge in [0, 0.05) is 12.5 Å². The number of hydrogen-bond donors (Lipinski definition) is 0. The van der Waals surface area contributed by atoms with Crippen LogP contribution in [0.4, 0.5) is 0 Å². The maximum absolute atomic E-state index is 13.6. The molecule has 0 unspecified atom stereocenters. The van der Waals surface area contributed by atoms with E-state index >= 15 is 0 Å². The summed E-state index contributed by atoms with van der Waals surface area (Å²) in [7, 11) is 0. The summed E-state index contributed by atoms with van der Waals surface area (Å²) in [5.74, 6) is 0.874. The summed E-state index contributed by atoms with van der Waals surface area (Å²) in [6, 6.07) is 42.3. The third-order valence-electron chi connectivity index (χ3n) is 12.4. The van der Waals surface area contributed by atoms with Crippen LogP contribution in [0.1, 0.15) is 107 Å². The predicted octanol–water partition coefficient (Wildman–Crippen LogP) is 12.6. The highest BCUT2D eigenvalue weighted by molar-refractivity contribution is 5.97. The lowest BCUT2D eigenvalue weighted by Gasteiger charge is -2.30. The van der Waals surface area contributed by atoms with Crippen LogP contribution in [-0.2, 0) is 19.7 Å². The molecule has 0 bridgehead atoms. The molecule has 8 rings (SSSR count). The van der Waals surface area contributed by atoms with Crippen LogP contribution >= 0.6 is 0 Å². The first-order valence-electron chi connectivity index (χ1n) is 23.1. The second-order valence-electron chi connectivity index (χ2n) is 16.8. The normalized spacial score (nSPS) is 12.2. The van der Waals surface area contributed by atoms with Crippen molar-refractivity contribution in [1.29, 1.82) is 0 Å². The Labute approximate surface area is 392 Å². The van der Waals surface area contributed by atoms with Crippen molar-refractivity contribution in [2.75, 3.05) is 19.8 Å². The van der Waals surface area contributed by atoms with E-state index in [0.717, 1.165) is 108 Å². The Kier molecular flexibility index (Phi) is 14.9. The van der Waals surface area contributed by atoms with Gasteiger partial charge in [-0.25, -0.2) is 14.4 Å². The average Bonchev–Trinajstić information content (AvgIpc) is 3.82. The van der Waals surface area contributed by atoms with Gasteiger partial charge in [0.15, 0.2) is 5.78 Å². The van der Waals surface area contributed by atoms with Gasteiger partial charge in [-0.1, -0.05) is 93.1 Å². The van der Waals surface area contributed by atoms with Crippen LogP contribution in [0.2, 0.25) is 0 Å². The monoisotopic (exact) mass is 894 g/mol. The zero-order valence-electron chi connectivity index (χ0n) is 37.6. The van der Waals surface area contributed by atoms with Gasteiger partial charge in [-0.2, -0.15) is 0 Å². The largest absolute Gasteiger partial charge is 0.494 e. The zero-order chi connectivity index (χ0) is 46.6. The zero-order valence-corrected chi connectivity index (χ0v) is 37.6. The van der Waals surface area contributed by atoms with Crippen molar-refractivity contribution in [3.8, 4) is 45.3 Å². The van der Waals surface area contributed by atoms with Gasteiger partial charge >= 0.3 is 17.9 Å². The number of unbranched alkanes of at least 4 members (excludes halogenated alkanes) is 7. The summed E-state index contributed by atoms with van der Waals surface area (Å²) in [5.41, 5.74) is 8.31. The van der Waals surface area contributed by atoms with E-state index in [1.54, 1.807) is 48.5 Å². The SMILES string of the molecule is C=CC(=O)CCCCCCCOc1ccc(C(=O)Oc2ccc3c(c2)C2(c4ccccc4-c4ccccc42)c2cc(OC(=O)c4ccc(OCCCCCCOC(=O)C=C)cc4)ccc2-3)cc1. The molecule has 67 heavy (non-hydrogen) atoms. The maximum Gasteiger partial charge on any atom is 0.343 e. The molecule has 0 fully saturated rings. The number of esters is 3.